The van der Waals surface area contributed by atoms with Crippen molar-refractivity contribution in [3.63, 3.8) is 0 Å². The highest BCUT2D eigenvalue weighted by Crippen LogP contribution is 2.31. The van der Waals surface area contributed by atoms with Gasteiger partial charge in [0.15, 0.2) is 0 Å². The molecule has 38 heavy (non-hydrogen) atoms. The Morgan fingerprint density at radius 3 is 2.24 bits per heavy atom. The molecule has 0 unspecified atom stereocenters. The molecule has 3 aromatic carbocycles. The van der Waals surface area contributed by atoms with E-state index in [1.165, 1.54) is 17.0 Å². The van der Waals surface area contributed by atoms with Crippen molar-refractivity contribution < 1.29 is 18.0 Å². The number of amides is 2. The molecular formula is C29H34ClN3O4S. The summed E-state index contributed by atoms with van der Waals surface area (Å²) in [5, 5.41) is 3.14. The number of hydrogen-bond acceptors (Lipinski definition) is 4. The zero-order chi connectivity index (χ0) is 27.9. The predicted octanol–water partition coefficient (Wildman–Crippen LogP) is 4.75. The molecule has 0 radical (unpaired) electrons. The fraction of sp³-hybridized carbons (Fsp3) is 0.310. The molecule has 0 heterocycles. The molecule has 2 amide bonds. The van der Waals surface area contributed by atoms with Gasteiger partial charge in [-0.1, -0.05) is 65.7 Å². The number of nitrogens with one attached hydrogen (secondary N) is 1. The Bertz CT molecular complexity index is 1360. The van der Waals surface area contributed by atoms with E-state index in [0.717, 1.165) is 15.4 Å². The lowest BCUT2D eigenvalue weighted by molar-refractivity contribution is -0.138. The molecule has 0 saturated carbocycles. The average Bonchev–Trinajstić information content (AvgIpc) is 2.90. The number of benzene rings is 3. The van der Waals surface area contributed by atoms with Gasteiger partial charge in [0.2, 0.25) is 11.8 Å². The van der Waals surface area contributed by atoms with Crippen molar-refractivity contribution in [1.29, 1.82) is 0 Å². The van der Waals surface area contributed by atoms with Crippen LogP contribution in [-0.2, 0) is 26.0 Å². The van der Waals surface area contributed by atoms with E-state index in [1.807, 2.05) is 37.3 Å². The van der Waals surface area contributed by atoms with Gasteiger partial charge in [-0.05, 0) is 69.5 Å². The van der Waals surface area contributed by atoms with Gasteiger partial charge in [-0.25, -0.2) is 8.42 Å². The smallest absolute Gasteiger partial charge is 0.264 e. The molecule has 9 heteroatoms. The molecule has 0 aliphatic rings. The summed E-state index contributed by atoms with van der Waals surface area (Å²) in [5.41, 5.74) is 2.75. The van der Waals surface area contributed by atoms with Crippen molar-refractivity contribution in [2.24, 2.45) is 0 Å². The van der Waals surface area contributed by atoms with E-state index in [-0.39, 0.29) is 17.3 Å². The van der Waals surface area contributed by atoms with Gasteiger partial charge in [-0.15, -0.1) is 0 Å². The third kappa shape index (κ3) is 6.94. The highest BCUT2D eigenvalue weighted by molar-refractivity contribution is 7.92. The molecule has 0 saturated heterocycles. The lowest BCUT2D eigenvalue weighted by atomic mass is 10.1. The second-order valence-electron chi connectivity index (χ2n) is 9.10. The van der Waals surface area contributed by atoms with Crippen molar-refractivity contribution in [2.75, 3.05) is 23.9 Å². The van der Waals surface area contributed by atoms with Gasteiger partial charge in [-0.3, -0.25) is 13.9 Å². The van der Waals surface area contributed by atoms with Crippen molar-refractivity contribution >= 4 is 39.1 Å². The number of carbonyl (C=O) groups excluding carboxylic acids is 2. The fourth-order valence-electron chi connectivity index (χ4n) is 4.11. The Labute approximate surface area is 230 Å². The number of sulfonamides is 1. The molecule has 202 valence electrons. The van der Waals surface area contributed by atoms with E-state index in [0.29, 0.717) is 29.2 Å². The summed E-state index contributed by atoms with van der Waals surface area (Å²) in [6, 6.07) is 20.2. The Morgan fingerprint density at radius 2 is 1.61 bits per heavy atom. The quantitative estimate of drug-likeness (QED) is 0.370. The summed E-state index contributed by atoms with van der Waals surface area (Å²) in [5.74, 6) is -0.796. The zero-order valence-electron chi connectivity index (χ0n) is 22.1. The number of anilines is 1. The van der Waals surface area contributed by atoms with E-state index >= 15 is 0 Å². The van der Waals surface area contributed by atoms with Crippen LogP contribution in [0.1, 0.15) is 30.5 Å². The van der Waals surface area contributed by atoms with Gasteiger partial charge in [-0.2, -0.15) is 0 Å². The molecule has 0 spiro atoms. The summed E-state index contributed by atoms with van der Waals surface area (Å²) in [7, 11) is -4.14. The third-order valence-electron chi connectivity index (χ3n) is 6.40. The summed E-state index contributed by atoms with van der Waals surface area (Å²) in [4.78, 5) is 28.1. The molecule has 1 N–H and O–H groups in total. The minimum Gasteiger partial charge on any atom is -0.355 e. The minimum absolute atomic E-state index is 0.0582. The minimum atomic E-state index is -4.14. The first-order chi connectivity index (χ1) is 18.1. The number of nitrogens with zero attached hydrogens (tertiary/aromatic N) is 2. The molecule has 0 aromatic heterocycles. The van der Waals surface area contributed by atoms with Crippen molar-refractivity contribution in [1.82, 2.24) is 10.2 Å². The maximum atomic E-state index is 13.9. The first-order valence-corrected chi connectivity index (χ1v) is 14.3. The van der Waals surface area contributed by atoms with Gasteiger partial charge in [0.25, 0.3) is 10.0 Å². The normalized spacial score (nSPS) is 12.0. The summed E-state index contributed by atoms with van der Waals surface area (Å²) < 4.78 is 28.9. The van der Waals surface area contributed by atoms with Gasteiger partial charge >= 0.3 is 0 Å². The first-order valence-electron chi connectivity index (χ1n) is 12.5. The molecule has 0 fully saturated rings. The van der Waals surface area contributed by atoms with Crippen LogP contribution in [-0.4, -0.2) is 50.8 Å². The van der Waals surface area contributed by atoms with Crippen LogP contribution in [0.25, 0.3) is 0 Å². The number of halogens is 1. The third-order valence-corrected chi connectivity index (χ3v) is 8.58. The molecule has 1 atom stereocenters. The van der Waals surface area contributed by atoms with E-state index in [2.05, 4.69) is 5.32 Å². The van der Waals surface area contributed by atoms with E-state index in [4.69, 9.17) is 11.6 Å². The predicted molar refractivity (Wildman–Crippen MR) is 152 cm³/mol. The van der Waals surface area contributed by atoms with E-state index < -0.39 is 28.5 Å². The second kappa shape index (κ2) is 12.9. The van der Waals surface area contributed by atoms with Crippen LogP contribution >= 0.6 is 11.6 Å². The van der Waals surface area contributed by atoms with Crippen LogP contribution in [0.4, 0.5) is 5.69 Å². The lowest BCUT2D eigenvalue weighted by Crippen LogP contribution is -2.52. The molecule has 3 aromatic rings. The largest absolute Gasteiger partial charge is 0.355 e. The Balaban J connectivity index is 2.02. The van der Waals surface area contributed by atoms with Crippen LogP contribution in [0, 0.1) is 13.8 Å². The first kappa shape index (κ1) is 29.2. The number of likely N-dealkylation sites (N-methyl/N-ethyl adjacent to an activating group) is 1. The van der Waals surface area contributed by atoms with Gasteiger partial charge in [0.05, 0.1) is 10.6 Å². The Morgan fingerprint density at radius 1 is 0.947 bits per heavy atom. The van der Waals surface area contributed by atoms with Crippen LogP contribution in [0.3, 0.4) is 0 Å². The SMILES string of the molecule is CCNC(=O)[C@H](C)N(CCc1ccccc1)C(=O)CN(c1cccc(Cl)c1C)S(=O)(=O)c1ccc(C)cc1. The van der Waals surface area contributed by atoms with Crippen molar-refractivity contribution in [3.05, 3.63) is 94.5 Å². The van der Waals surface area contributed by atoms with E-state index in [1.54, 1.807) is 51.1 Å². The number of rotatable bonds is 11. The highest BCUT2D eigenvalue weighted by atomic mass is 35.5. The van der Waals surface area contributed by atoms with Gasteiger partial charge < -0.3 is 10.2 Å². The molecule has 3 rings (SSSR count). The molecular weight excluding hydrogens is 522 g/mol. The topological polar surface area (TPSA) is 86.8 Å². The lowest BCUT2D eigenvalue weighted by Gasteiger charge is -2.32. The maximum Gasteiger partial charge on any atom is 0.264 e. The maximum absolute atomic E-state index is 13.9. The second-order valence-corrected chi connectivity index (χ2v) is 11.4. The Hall–Kier alpha value is -3.36. The molecule has 7 nitrogen and oxygen atoms in total. The van der Waals surface area contributed by atoms with Crippen molar-refractivity contribution in [3.8, 4) is 0 Å². The summed E-state index contributed by atoms with van der Waals surface area (Å²) >= 11 is 6.35. The fourth-order valence-corrected chi connectivity index (χ4v) is 5.75. The zero-order valence-corrected chi connectivity index (χ0v) is 23.7. The average molecular weight is 556 g/mol. The summed E-state index contributed by atoms with van der Waals surface area (Å²) in [6.45, 7) is 7.20. The summed E-state index contributed by atoms with van der Waals surface area (Å²) in [6.07, 6.45) is 0.511. The monoisotopic (exact) mass is 555 g/mol. The van der Waals surface area contributed by atoms with Crippen molar-refractivity contribution in [2.45, 2.75) is 45.1 Å². The number of hydrogen-bond donors (Lipinski definition) is 1. The molecule has 0 aliphatic carbocycles. The highest BCUT2D eigenvalue weighted by Gasteiger charge is 2.33. The van der Waals surface area contributed by atoms with Gasteiger partial charge in [0.1, 0.15) is 12.6 Å². The van der Waals surface area contributed by atoms with Crippen LogP contribution in [0.2, 0.25) is 5.02 Å². The van der Waals surface area contributed by atoms with Crippen LogP contribution < -0.4 is 9.62 Å². The van der Waals surface area contributed by atoms with Gasteiger partial charge in [0, 0.05) is 18.1 Å². The van der Waals surface area contributed by atoms with Crippen LogP contribution in [0.5, 0.6) is 0 Å². The molecule has 0 aliphatic heterocycles. The standard InChI is InChI=1S/C29H34ClN3O4S/c1-5-31-29(35)23(4)32(19-18-24-10-7-6-8-11-24)28(34)20-33(27-13-9-12-26(30)22(27)3)38(36,37)25-16-14-21(2)15-17-25/h6-17,23H,5,18-20H2,1-4H3,(H,31,35)/t23-/m0/s1. The number of carbonyl (C=O) groups is 2. The Kier molecular flexibility index (Phi) is 9.94. The molecule has 0 bridgehead atoms. The van der Waals surface area contributed by atoms with E-state index in [9.17, 15) is 18.0 Å². The number of aryl methyl sites for hydroxylation is 1. The van der Waals surface area contributed by atoms with Crippen LogP contribution in [0.15, 0.2) is 77.7 Å².